The van der Waals surface area contributed by atoms with Crippen molar-refractivity contribution in [3.63, 3.8) is 0 Å². The number of carbonyl (C=O) groups is 1. The van der Waals surface area contributed by atoms with Crippen molar-refractivity contribution in [2.24, 2.45) is 0 Å². The summed E-state index contributed by atoms with van der Waals surface area (Å²) in [5.41, 5.74) is 2.48. The standard InChI is InChI=1S/C19H18N4O2S/c1-2-16(24)20-14-5-3-4-13(12-14)18-21-15-6-11-26-17(15)19(22-18)23-7-9-25-10-8-23/h2-6,11-12H,1,7-10H2,(H,20,24). The quantitative estimate of drug-likeness (QED) is 0.718. The van der Waals surface area contributed by atoms with Crippen molar-refractivity contribution in [3.05, 3.63) is 48.4 Å². The molecule has 0 bridgehead atoms. The summed E-state index contributed by atoms with van der Waals surface area (Å²) in [5, 5.41) is 4.81. The van der Waals surface area contributed by atoms with Gasteiger partial charge in [0.25, 0.3) is 0 Å². The van der Waals surface area contributed by atoms with Gasteiger partial charge in [-0.1, -0.05) is 18.7 Å². The first-order valence-corrected chi connectivity index (χ1v) is 9.24. The van der Waals surface area contributed by atoms with Gasteiger partial charge < -0.3 is 15.0 Å². The largest absolute Gasteiger partial charge is 0.378 e. The molecule has 2 aromatic heterocycles. The molecule has 1 amide bonds. The molecule has 1 aromatic carbocycles. The van der Waals surface area contributed by atoms with Gasteiger partial charge >= 0.3 is 0 Å². The van der Waals surface area contributed by atoms with Crippen molar-refractivity contribution in [3.8, 4) is 11.4 Å². The van der Waals surface area contributed by atoms with Gasteiger partial charge in [0.15, 0.2) is 11.6 Å². The number of nitrogens with zero attached hydrogens (tertiary/aromatic N) is 3. The predicted octanol–water partition coefficient (Wildman–Crippen LogP) is 3.32. The smallest absolute Gasteiger partial charge is 0.247 e. The lowest BCUT2D eigenvalue weighted by Crippen LogP contribution is -2.36. The summed E-state index contributed by atoms with van der Waals surface area (Å²) in [6, 6.07) is 9.54. The Balaban J connectivity index is 1.76. The fraction of sp³-hybridized carbons (Fsp3) is 0.211. The van der Waals surface area contributed by atoms with Gasteiger partial charge in [0, 0.05) is 24.3 Å². The molecule has 0 saturated carbocycles. The highest BCUT2D eigenvalue weighted by Crippen LogP contribution is 2.32. The third-order valence-corrected chi connectivity index (χ3v) is 5.07. The molecular formula is C19H18N4O2S. The van der Waals surface area contributed by atoms with E-state index in [9.17, 15) is 4.79 Å². The van der Waals surface area contributed by atoms with Crippen molar-refractivity contribution in [1.82, 2.24) is 9.97 Å². The Hall–Kier alpha value is -2.77. The number of hydrogen-bond acceptors (Lipinski definition) is 6. The number of anilines is 2. The Morgan fingerprint density at radius 2 is 2.12 bits per heavy atom. The van der Waals surface area contributed by atoms with Gasteiger partial charge in [-0.05, 0) is 29.7 Å². The van der Waals surface area contributed by atoms with E-state index in [4.69, 9.17) is 14.7 Å². The van der Waals surface area contributed by atoms with Crippen LogP contribution in [0, 0.1) is 0 Å². The predicted molar refractivity (Wildman–Crippen MR) is 105 cm³/mol. The van der Waals surface area contributed by atoms with Crippen LogP contribution >= 0.6 is 11.3 Å². The van der Waals surface area contributed by atoms with Crippen LogP contribution in [0.3, 0.4) is 0 Å². The maximum atomic E-state index is 11.6. The lowest BCUT2D eigenvalue weighted by atomic mass is 10.2. The van der Waals surface area contributed by atoms with Crippen LogP contribution in [0.1, 0.15) is 0 Å². The summed E-state index contributed by atoms with van der Waals surface area (Å²) < 4.78 is 6.55. The van der Waals surface area contributed by atoms with Gasteiger partial charge in [-0.15, -0.1) is 11.3 Å². The molecule has 6 nitrogen and oxygen atoms in total. The molecule has 7 heteroatoms. The van der Waals surface area contributed by atoms with Crippen LogP contribution < -0.4 is 10.2 Å². The molecule has 1 N–H and O–H groups in total. The van der Waals surface area contributed by atoms with Crippen LogP contribution in [0.15, 0.2) is 48.4 Å². The third kappa shape index (κ3) is 3.31. The van der Waals surface area contributed by atoms with Crippen LogP contribution in [-0.4, -0.2) is 42.2 Å². The molecule has 0 radical (unpaired) electrons. The van der Waals surface area contributed by atoms with E-state index in [1.165, 1.54) is 6.08 Å². The van der Waals surface area contributed by atoms with E-state index in [1.807, 2.05) is 35.7 Å². The molecule has 1 aliphatic heterocycles. The zero-order valence-corrected chi connectivity index (χ0v) is 15.0. The zero-order valence-electron chi connectivity index (χ0n) is 14.1. The molecule has 1 fully saturated rings. The SMILES string of the molecule is C=CC(=O)Nc1cccc(-c2nc(N3CCOCC3)c3sccc3n2)c1. The Labute approximate surface area is 155 Å². The summed E-state index contributed by atoms with van der Waals surface area (Å²) in [4.78, 5) is 23.4. The molecule has 26 heavy (non-hydrogen) atoms. The summed E-state index contributed by atoms with van der Waals surface area (Å²) in [6.45, 7) is 6.52. The first-order valence-electron chi connectivity index (χ1n) is 8.36. The molecule has 132 valence electrons. The monoisotopic (exact) mass is 366 g/mol. The second kappa shape index (κ2) is 7.23. The molecule has 1 saturated heterocycles. The van der Waals surface area contributed by atoms with Gasteiger partial charge in [0.05, 0.1) is 23.4 Å². The second-order valence-corrected chi connectivity index (χ2v) is 6.80. The van der Waals surface area contributed by atoms with Crippen LogP contribution in [0.5, 0.6) is 0 Å². The average Bonchev–Trinajstić information content (AvgIpc) is 3.16. The number of aromatic nitrogens is 2. The van der Waals surface area contributed by atoms with E-state index < -0.39 is 0 Å². The molecule has 3 aromatic rings. The topological polar surface area (TPSA) is 67.4 Å². The maximum Gasteiger partial charge on any atom is 0.247 e. The highest BCUT2D eigenvalue weighted by Gasteiger charge is 2.19. The van der Waals surface area contributed by atoms with Crippen molar-refractivity contribution in [1.29, 1.82) is 0 Å². The maximum absolute atomic E-state index is 11.6. The van der Waals surface area contributed by atoms with Gasteiger partial charge in [0.1, 0.15) is 0 Å². The number of fused-ring (bicyclic) bond motifs is 1. The van der Waals surface area contributed by atoms with E-state index in [-0.39, 0.29) is 5.91 Å². The Morgan fingerprint density at radius 3 is 2.92 bits per heavy atom. The number of ether oxygens (including phenoxy) is 1. The Kier molecular flexibility index (Phi) is 4.64. The fourth-order valence-corrected chi connectivity index (χ4v) is 3.74. The van der Waals surface area contributed by atoms with Gasteiger partial charge in [-0.25, -0.2) is 9.97 Å². The second-order valence-electron chi connectivity index (χ2n) is 5.88. The minimum Gasteiger partial charge on any atom is -0.378 e. The fourth-order valence-electron chi connectivity index (χ4n) is 2.90. The number of amides is 1. The van der Waals surface area contributed by atoms with Gasteiger partial charge in [0.2, 0.25) is 5.91 Å². The van der Waals surface area contributed by atoms with E-state index in [1.54, 1.807) is 11.3 Å². The normalized spacial score (nSPS) is 14.4. The highest BCUT2D eigenvalue weighted by atomic mass is 32.1. The number of thiophene rings is 1. The van der Waals surface area contributed by atoms with Crippen LogP contribution in [0.25, 0.3) is 21.6 Å². The Morgan fingerprint density at radius 1 is 1.27 bits per heavy atom. The van der Waals surface area contributed by atoms with Crippen molar-refractivity contribution >= 4 is 39.0 Å². The molecule has 0 unspecified atom stereocenters. The Bertz CT molecular complexity index is 963. The molecule has 3 heterocycles. The van der Waals surface area contributed by atoms with Crippen LogP contribution in [-0.2, 0) is 9.53 Å². The van der Waals surface area contributed by atoms with Crippen molar-refractivity contribution in [2.45, 2.75) is 0 Å². The first-order chi connectivity index (χ1) is 12.7. The molecule has 1 aliphatic rings. The van der Waals surface area contributed by atoms with Crippen LogP contribution in [0.4, 0.5) is 11.5 Å². The number of nitrogens with one attached hydrogen (secondary N) is 1. The summed E-state index contributed by atoms with van der Waals surface area (Å²) in [7, 11) is 0. The van der Waals surface area contributed by atoms with Gasteiger partial charge in [-0.2, -0.15) is 0 Å². The van der Waals surface area contributed by atoms with Crippen LogP contribution in [0.2, 0.25) is 0 Å². The molecular weight excluding hydrogens is 348 g/mol. The number of hydrogen-bond donors (Lipinski definition) is 1. The van der Waals surface area contributed by atoms with Gasteiger partial charge in [-0.3, -0.25) is 4.79 Å². The average molecular weight is 366 g/mol. The van der Waals surface area contributed by atoms with Crippen molar-refractivity contribution < 1.29 is 9.53 Å². The number of carbonyl (C=O) groups excluding carboxylic acids is 1. The van der Waals surface area contributed by atoms with E-state index >= 15 is 0 Å². The third-order valence-electron chi connectivity index (χ3n) is 4.17. The molecule has 0 atom stereocenters. The first kappa shape index (κ1) is 16.7. The molecule has 4 rings (SSSR count). The van der Waals surface area contributed by atoms with E-state index in [0.717, 1.165) is 34.7 Å². The molecule has 0 spiro atoms. The number of rotatable bonds is 4. The van der Waals surface area contributed by atoms with Crippen molar-refractivity contribution in [2.75, 3.05) is 36.5 Å². The minimum absolute atomic E-state index is 0.245. The number of benzene rings is 1. The van der Waals surface area contributed by atoms with E-state index in [0.29, 0.717) is 24.7 Å². The summed E-state index contributed by atoms with van der Waals surface area (Å²) >= 11 is 1.65. The summed E-state index contributed by atoms with van der Waals surface area (Å²) in [6.07, 6.45) is 1.25. The highest BCUT2D eigenvalue weighted by molar-refractivity contribution is 7.17. The zero-order chi connectivity index (χ0) is 17.9. The molecule has 0 aliphatic carbocycles. The minimum atomic E-state index is -0.245. The summed E-state index contributed by atoms with van der Waals surface area (Å²) in [5.74, 6) is 1.35. The number of morpholine rings is 1. The lowest BCUT2D eigenvalue weighted by Gasteiger charge is -2.28. The lowest BCUT2D eigenvalue weighted by molar-refractivity contribution is -0.111. The van der Waals surface area contributed by atoms with E-state index in [2.05, 4.69) is 16.8 Å².